The van der Waals surface area contributed by atoms with Crippen molar-refractivity contribution in [2.24, 2.45) is 56.7 Å². The first-order chi connectivity index (χ1) is 23.3. The molecule has 1 saturated heterocycles. The molecule has 7 rings (SSSR count). The van der Waals surface area contributed by atoms with E-state index in [4.69, 9.17) is 9.47 Å². The van der Waals surface area contributed by atoms with Crippen LogP contribution < -0.4 is 0 Å². The summed E-state index contributed by atoms with van der Waals surface area (Å²) in [5, 5.41) is 0. The van der Waals surface area contributed by atoms with Crippen LogP contribution in [0.2, 0.25) is 0 Å². The van der Waals surface area contributed by atoms with Gasteiger partial charge in [0.05, 0.1) is 12.1 Å². The molecule has 1 aliphatic heterocycles. The molecule has 0 spiro atoms. The van der Waals surface area contributed by atoms with Crippen LogP contribution in [0.25, 0.3) is 5.57 Å². The Balaban J connectivity index is 1.18. The largest absolute Gasteiger partial charge is 0.456 e. The van der Waals surface area contributed by atoms with Crippen LogP contribution in [0.5, 0.6) is 0 Å². The molecule has 5 aliphatic carbocycles. The summed E-state index contributed by atoms with van der Waals surface area (Å²) in [6.07, 6.45) is 14.9. The monoisotopic (exact) mass is 683 g/mol. The van der Waals surface area contributed by atoms with Crippen molar-refractivity contribution in [2.45, 2.75) is 132 Å². The minimum absolute atomic E-state index is 0.0314. The Morgan fingerprint density at radius 2 is 1.66 bits per heavy atom. The molecule has 1 amide bonds. The Morgan fingerprint density at radius 3 is 2.30 bits per heavy atom. The number of hydrogen-bond acceptors (Lipinski definition) is 4. The summed E-state index contributed by atoms with van der Waals surface area (Å²) in [6, 6.07) is 8.20. The number of carbonyl (C=O) groups is 2. The van der Waals surface area contributed by atoms with E-state index >= 15 is 0 Å². The summed E-state index contributed by atoms with van der Waals surface area (Å²) in [7, 11) is 0. The second-order valence-electron chi connectivity index (χ2n) is 20.2. The zero-order valence-corrected chi connectivity index (χ0v) is 32.8. The molecular formula is C45H65NO4. The number of ether oxygens (including phenoxy) is 2. The molecule has 274 valence electrons. The Labute approximate surface area is 303 Å². The van der Waals surface area contributed by atoms with Gasteiger partial charge in [0.2, 0.25) is 0 Å². The van der Waals surface area contributed by atoms with Gasteiger partial charge >= 0.3 is 12.1 Å². The van der Waals surface area contributed by atoms with Crippen molar-refractivity contribution >= 4 is 17.6 Å². The fraction of sp³-hybridized carbons (Fsp3) is 0.733. The number of nitrogens with zero attached hydrogens (tertiary/aromatic N) is 1. The Hall–Kier alpha value is -2.56. The van der Waals surface area contributed by atoms with Crippen molar-refractivity contribution < 1.29 is 19.1 Å². The average molecular weight is 684 g/mol. The summed E-state index contributed by atoms with van der Waals surface area (Å²) in [5.41, 5.74) is 5.16. The molecule has 5 fully saturated rings. The van der Waals surface area contributed by atoms with E-state index in [0.29, 0.717) is 41.8 Å². The molecule has 0 aromatic heterocycles. The highest BCUT2D eigenvalue weighted by molar-refractivity contribution is 5.90. The zero-order valence-electron chi connectivity index (χ0n) is 32.8. The second kappa shape index (κ2) is 12.0. The van der Waals surface area contributed by atoms with E-state index in [1.165, 1.54) is 68.1 Å². The van der Waals surface area contributed by atoms with E-state index in [0.717, 1.165) is 25.9 Å². The Bertz CT molecular complexity index is 1570. The fourth-order valence-corrected chi connectivity index (χ4v) is 14.0. The van der Waals surface area contributed by atoms with Gasteiger partial charge in [0.15, 0.2) is 0 Å². The van der Waals surface area contributed by atoms with Gasteiger partial charge in [0, 0.05) is 6.54 Å². The van der Waals surface area contributed by atoms with Crippen LogP contribution in [0.15, 0.2) is 42.5 Å². The first kappa shape index (κ1) is 35.8. The van der Waals surface area contributed by atoms with E-state index in [-0.39, 0.29) is 39.1 Å². The number of carbonyl (C=O) groups excluding carboxylic acids is 2. The normalized spacial score (nSPS) is 40.5. The third-order valence-electron chi connectivity index (χ3n) is 16.1. The molecule has 0 bridgehead atoms. The van der Waals surface area contributed by atoms with Crippen molar-refractivity contribution in [1.29, 1.82) is 0 Å². The lowest BCUT2D eigenvalue weighted by atomic mass is 9.32. The minimum Gasteiger partial charge on any atom is -0.456 e. The number of benzene rings is 1. The molecule has 0 N–H and O–H groups in total. The number of cyclic esters (lactones) is 1. The van der Waals surface area contributed by atoms with E-state index in [2.05, 4.69) is 71.2 Å². The molecule has 9 atom stereocenters. The minimum atomic E-state index is -0.507. The quantitative estimate of drug-likeness (QED) is 0.221. The number of fused-ring (bicyclic) bond motifs is 7. The van der Waals surface area contributed by atoms with Crippen LogP contribution in [-0.2, 0) is 9.47 Å². The fourth-order valence-electron chi connectivity index (χ4n) is 14.0. The summed E-state index contributed by atoms with van der Waals surface area (Å²) < 4.78 is 11.1. The number of amides is 1. The highest BCUT2D eigenvalue weighted by atomic mass is 16.6. The predicted octanol–water partition coefficient (Wildman–Crippen LogP) is 11.1. The van der Waals surface area contributed by atoms with Crippen molar-refractivity contribution in [3.8, 4) is 0 Å². The van der Waals surface area contributed by atoms with E-state index in [1.807, 2.05) is 32.9 Å². The van der Waals surface area contributed by atoms with Crippen LogP contribution in [-0.4, -0.2) is 42.3 Å². The van der Waals surface area contributed by atoms with Gasteiger partial charge in [-0.3, -0.25) is 0 Å². The lowest BCUT2D eigenvalue weighted by Gasteiger charge is -2.72. The van der Waals surface area contributed by atoms with Crippen molar-refractivity contribution in [3.05, 3.63) is 53.6 Å². The summed E-state index contributed by atoms with van der Waals surface area (Å²) in [6.45, 7) is 27.7. The zero-order chi connectivity index (χ0) is 36.1. The second-order valence-corrected chi connectivity index (χ2v) is 20.2. The topological polar surface area (TPSA) is 55.8 Å². The van der Waals surface area contributed by atoms with Crippen LogP contribution in [0.1, 0.15) is 142 Å². The Kier molecular flexibility index (Phi) is 8.59. The van der Waals surface area contributed by atoms with Gasteiger partial charge in [-0.15, -0.1) is 6.58 Å². The van der Waals surface area contributed by atoms with Crippen LogP contribution >= 0.6 is 0 Å². The molecule has 0 radical (unpaired) electrons. The molecule has 50 heavy (non-hydrogen) atoms. The summed E-state index contributed by atoms with van der Waals surface area (Å²) in [5.74, 6) is 3.03. The van der Waals surface area contributed by atoms with E-state index in [1.54, 1.807) is 0 Å². The number of allylic oxidation sites excluding steroid dienone is 3. The van der Waals surface area contributed by atoms with E-state index in [9.17, 15) is 9.59 Å². The molecule has 9 unspecified atom stereocenters. The van der Waals surface area contributed by atoms with Crippen molar-refractivity contribution in [3.63, 3.8) is 0 Å². The molecule has 5 nitrogen and oxygen atoms in total. The number of hydrogen-bond donors (Lipinski definition) is 0. The Morgan fingerprint density at radius 1 is 0.940 bits per heavy atom. The molecular weight excluding hydrogens is 618 g/mol. The van der Waals surface area contributed by atoms with Crippen LogP contribution in [0, 0.1) is 56.7 Å². The molecule has 5 heteroatoms. The first-order valence-electron chi connectivity index (χ1n) is 20.0. The third kappa shape index (κ3) is 5.44. The van der Waals surface area contributed by atoms with Gasteiger partial charge in [-0.25, -0.2) is 9.59 Å². The SMILES string of the molecule is C=C(C)CC1CCC2(CN3CCOC3=O)CCC3(C)C(CCC4C5(C)CC=C(c6ccc(C(=O)OC(C)(C)C)cc6)C(C)(C)C5CCC43C)C12. The van der Waals surface area contributed by atoms with Crippen molar-refractivity contribution in [1.82, 2.24) is 4.90 Å². The molecule has 1 aromatic rings. The van der Waals surface area contributed by atoms with Crippen LogP contribution in [0.4, 0.5) is 4.79 Å². The molecule has 4 saturated carbocycles. The summed E-state index contributed by atoms with van der Waals surface area (Å²) in [4.78, 5) is 27.6. The first-order valence-corrected chi connectivity index (χ1v) is 20.0. The van der Waals surface area contributed by atoms with Crippen molar-refractivity contribution in [2.75, 3.05) is 19.7 Å². The lowest BCUT2D eigenvalue weighted by Crippen LogP contribution is -2.66. The standard InChI is InChI=1S/C45H65NO4/c1-29(2)27-32-17-22-45(28-46-25-26-49-39(46)48)24-23-43(9)34(37(32)45)15-16-36-42(8)20-18-33(41(6,7)35(42)19-21-44(36,43)10)30-11-13-31(14-12-30)38(47)50-40(3,4)5/h11-14,18,32,34-37H,1,15-17,19-28H2,2-10H3. The maximum atomic E-state index is 12.8. The van der Waals surface area contributed by atoms with Gasteiger partial charge in [-0.2, -0.15) is 0 Å². The summed E-state index contributed by atoms with van der Waals surface area (Å²) >= 11 is 0. The number of esters is 1. The van der Waals surface area contributed by atoms with Crippen LogP contribution in [0.3, 0.4) is 0 Å². The highest BCUT2D eigenvalue weighted by Crippen LogP contribution is 2.77. The predicted molar refractivity (Wildman–Crippen MR) is 201 cm³/mol. The van der Waals surface area contributed by atoms with Gasteiger partial charge in [0.1, 0.15) is 12.2 Å². The van der Waals surface area contributed by atoms with Gasteiger partial charge in [-0.1, -0.05) is 58.4 Å². The maximum Gasteiger partial charge on any atom is 0.409 e. The molecule has 6 aliphatic rings. The molecule has 1 aromatic carbocycles. The number of rotatable bonds is 6. The van der Waals surface area contributed by atoms with Gasteiger partial charge < -0.3 is 14.4 Å². The lowest BCUT2D eigenvalue weighted by molar-refractivity contribution is -0.227. The highest BCUT2D eigenvalue weighted by Gasteiger charge is 2.70. The van der Waals surface area contributed by atoms with Gasteiger partial charge in [0.25, 0.3) is 0 Å². The average Bonchev–Trinajstić information content (AvgIpc) is 3.59. The maximum absolute atomic E-state index is 12.8. The smallest absolute Gasteiger partial charge is 0.409 e. The van der Waals surface area contributed by atoms with Gasteiger partial charge in [-0.05, 0) is 172 Å². The van der Waals surface area contributed by atoms with E-state index < -0.39 is 5.60 Å². The third-order valence-corrected chi connectivity index (χ3v) is 16.1. The molecule has 1 heterocycles.